The lowest BCUT2D eigenvalue weighted by molar-refractivity contribution is -0.384. The minimum atomic E-state index is -0.380. The van der Waals surface area contributed by atoms with E-state index >= 15 is 0 Å². The number of nitrogens with zero attached hydrogens (tertiary/aromatic N) is 1. The highest BCUT2D eigenvalue weighted by Gasteiger charge is 2.12. The van der Waals surface area contributed by atoms with E-state index in [9.17, 15) is 10.1 Å². The maximum atomic E-state index is 10.6. The second kappa shape index (κ2) is 6.30. The molecule has 0 saturated carbocycles. The summed E-state index contributed by atoms with van der Waals surface area (Å²) in [6.07, 6.45) is 0. The van der Waals surface area contributed by atoms with Crippen LogP contribution in [-0.2, 0) is 0 Å². The van der Waals surface area contributed by atoms with Gasteiger partial charge in [-0.25, -0.2) is 0 Å². The van der Waals surface area contributed by atoms with Crippen molar-refractivity contribution in [2.75, 3.05) is 0 Å². The monoisotopic (exact) mass is 270 g/mol. The molecule has 0 spiro atoms. The molecular weight excluding hydrogens is 252 g/mol. The van der Waals surface area contributed by atoms with Gasteiger partial charge in [0.2, 0.25) is 0 Å². The summed E-state index contributed by atoms with van der Waals surface area (Å²) in [5, 5.41) is 14.1. The van der Waals surface area contributed by atoms with E-state index in [0.717, 1.165) is 5.56 Å². The molecule has 1 N–H and O–H groups in total. The molecule has 104 valence electrons. The molecule has 4 nitrogen and oxygen atoms in total. The molecule has 0 aromatic heterocycles. The molecule has 2 aromatic rings. The lowest BCUT2D eigenvalue weighted by Crippen LogP contribution is -2.22. The molecular formula is C16H18N2O2. The van der Waals surface area contributed by atoms with Crippen LogP contribution < -0.4 is 5.32 Å². The van der Waals surface area contributed by atoms with Crippen LogP contribution in [0.4, 0.5) is 5.69 Å². The van der Waals surface area contributed by atoms with Crippen LogP contribution in [0.5, 0.6) is 0 Å². The molecule has 2 aromatic carbocycles. The molecule has 0 saturated heterocycles. The Morgan fingerprint density at radius 2 is 1.40 bits per heavy atom. The summed E-state index contributed by atoms with van der Waals surface area (Å²) in [7, 11) is 0. The summed E-state index contributed by atoms with van der Waals surface area (Å²) in [4.78, 5) is 10.3. The first-order valence-corrected chi connectivity index (χ1v) is 6.63. The summed E-state index contributed by atoms with van der Waals surface area (Å²) in [5.74, 6) is 0. The Labute approximate surface area is 118 Å². The molecule has 2 rings (SSSR count). The van der Waals surface area contributed by atoms with Gasteiger partial charge in [0.15, 0.2) is 0 Å². The first-order valence-electron chi connectivity index (χ1n) is 6.63. The fraction of sp³-hybridized carbons (Fsp3) is 0.250. The van der Waals surface area contributed by atoms with Gasteiger partial charge in [-0.2, -0.15) is 0 Å². The Balaban J connectivity index is 2.04. The number of non-ortho nitro benzene ring substituents is 1. The van der Waals surface area contributed by atoms with Crippen LogP contribution in [0.1, 0.15) is 37.1 Å². The molecule has 0 amide bonds. The van der Waals surface area contributed by atoms with Crippen molar-refractivity contribution in [1.82, 2.24) is 5.32 Å². The third-order valence-electron chi connectivity index (χ3n) is 3.40. The molecule has 0 radical (unpaired) electrons. The normalized spacial score (nSPS) is 13.7. The summed E-state index contributed by atoms with van der Waals surface area (Å²) in [6.45, 7) is 4.16. The van der Waals surface area contributed by atoms with E-state index in [0.29, 0.717) is 0 Å². The van der Waals surface area contributed by atoms with Crippen LogP contribution in [0.3, 0.4) is 0 Å². The zero-order chi connectivity index (χ0) is 14.5. The lowest BCUT2D eigenvalue weighted by atomic mass is 10.0. The van der Waals surface area contributed by atoms with Crippen LogP contribution in [0.15, 0.2) is 54.6 Å². The highest BCUT2D eigenvalue weighted by atomic mass is 16.6. The Bertz CT molecular complexity index is 567. The number of hydrogen-bond acceptors (Lipinski definition) is 3. The fourth-order valence-corrected chi connectivity index (χ4v) is 2.19. The van der Waals surface area contributed by atoms with Crippen LogP contribution in [0.2, 0.25) is 0 Å². The average molecular weight is 270 g/mol. The van der Waals surface area contributed by atoms with E-state index < -0.39 is 0 Å². The van der Waals surface area contributed by atoms with Crippen molar-refractivity contribution >= 4 is 5.69 Å². The Morgan fingerprint density at radius 1 is 0.900 bits per heavy atom. The van der Waals surface area contributed by atoms with Gasteiger partial charge in [0.1, 0.15) is 0 Å². The van der Waals surface area contributed by atoms with Gasteiger partial charge in [0, 0.05) is 24.2 Å². The molecule has 0 aliphatic heterocycles. The highest BCUT2D eigenvalue weighted by molar-refractivity contribution is 5.34. The summed E-state index contributed by atoms with van der Waals surface area (Å²) < 4.78 is 0. The second-order valence-corrected chi connectivity index (χ2v) is 4.87. The summed E-state index contributed by atoms with van der Waals surface area (Å²) in [5.41, 5.74) is 2.39. The van der Waals surface area contributed by atoms with Gasteiger partial charge >= 0.3 is 0 Å². The second-order valence-electron chi connectivity index (χ2n) is 4.87. The minimum Gasteiger partial charge on any atom is -0.304 e. The van der Waals surface area contributed by atoms with Crippen LogP contribution >= 0.6 is 0 Å². The molecule has 0 heterocycles. The molecule has 4 heteroatoms. The third kappa shape index (κ3) is 3.42. The maximum absolute atomic E-state index is 10.6. The van der Waals surface area contributed by atoms with Crippen molar-refractivity contribution in [3.63, 3.8) is 0 Å². The molecule has 20 heavy (non-hydrogen) atoms. The molecule has 0 fully saturated rings. The Morgan fingerprint density at radius 3 is 1.90 bits per heavy atom. The molecule has 0 bridgehead atoms. The van der Waals surface area contributed by atoms with Crippen molar-refractivity contribution in [3.8, 4) is 0 Å². The predicted molar refractivity (Wildman–Crippen MR) is 79.5 cm³/mol. The van der Waals surface area contributed by atoms with E-state index in [-0.39, 0.29) is 22.7 Å². The van der Waals surface area contributed by atoms with Crippen molar-refractivity contribution in [2.45, 2.75) is 25.9 Å². The average Bonchev–Trinajstić information content (AvgIpc) is 2.48. The van der Waals surface area contributed by atoms with Crippen molar-refractivity contribution in [3.05, 3.63) is 75.8 Å². The first-order chi connectivity index (χ1) is 9.58. The van der Waals surface area contributed by atoms with Gasteiger partial charge in [-0.3, -0.25) is 10.1 Å². The highest BCUT2D eigenvalue weighted by Crippen LogP contribution is 2.21. The number of hydrogen-bond donors (Lipinski definition) is 1. The van der Waals surface area contributed by atoms with E-state index in [4.69, 9.17) is 0 Å². The number of nitro benzene ring substituents is 1. The standard InChI is InChI=1S/C16H18N2O2/c1-12(14-6-4-3-5-7-14)17-13(2)15-8-10-16(11-9-15)18(19)20/h3-13,17H,1-2H3. The van der Waals surface area contributed by atoms with Gasteiger partial charge in [0.25, 0.3) is 5.69 Å². The third-order valence-corrected chi connectivity index (χ3v) is 3.40. The van der Waals surface area contributed by atoms with E-state index in [1.807, 2.05) is 18.2 Å². The topological polar surface area (TPSA) is 55.2 Å². The van der Waals surface area contributed by atoms with E-state index in [1.165, 1.54) is 5.56 Å². The van der Waals surface area contributed by atoms with Crippen LogP contribution in [0, 0.1) is 10.1 Å². The van der Waals surface area contributed by atoms with E-state index in [1.54, 1.807) is 24.3 Å². The zero-order valence-corrected chi connectivity index (χ0v) is 11.6. The van der Waals surface area contributed by atoms with Gasteiger partial charge in [-0.15, -0.1) is 0 Å². The van der Waals surface area contributed by atoms with Crippen LogP contribution in [0.25, 0.3) is 0 Å². The van der Waals surface area contributed by atoms with E-state index in [2.05, 4.69) is 31.3 Å². The number of rotatable bonds is 5. The number of nitrogens with one attached hydrogen (secondary N) is 1. The fourth-order valence-electron chi connectivity index (χ4n) is 2.19. The predicted octanol–water partition coefficient (Wildman–Crippen LogP) is 4.01. The molecule has 2 unspecified atom stereocenters. The Kier molecular flexibility index (Phi) is 4.48. The maximum Gasteiger partial charge on any atom is 0.269 e. The lowest BCUT2D eigenvalue weighted by Gasteiger charge is -2.20. The largest absolute Gasteiger partial charge is 0.304 e. The molecule has 0 aliphatic carbocycles. The smallest absolute Gasteiger partial charge is 0.269 e. The zero-order valence-electron chi connectivity index (χ0n) is 11.6. The first kappa shape index (κ1) is 14.2. The van der Waals surface area contributed by atoms with Crippen molar-refractivity contribution in [1.29, 1.82) is 0 Å². The van der Waals surface area contributed by atoms with Gasteiger partial charge in [-0.05, 0) is 25.0 Å². The quantitative estimate of drug-likeness (QED) is 0.659. The van der Waals surface area contributed by atoms with Crippen LogP contribution in [-0.4, -0.2) is 4.92 Å². The molecule has 2 atom stereocenters. The summed E-state index contributed by atoms with van der Waals surface area (Å²) >= 11 is 0. The van der Waals surface area contributed by atoms with Gasteiger partial charge in [-0.1, -0.05) is 42.5 Å². The Hall–Kier alpha value is -2.20. The van der Waals surface area contributed by atoms with Gasteiger partial charge in [0.05, 0.1) is 4.92 Å². The van der Waals surface area contributed by atoms with Crippen molar-refractivity contribution < 1.29 is 4.92 Å². The molecule has 0 aliphatic rings. The number of benzene rings is 2. The number of nitro groups is 1. The minimum absolute atomic E-state index is 0.122. The van der Waals surface area contributed by atoms with Crippen molar-refractivity contribution in [2.24, 2.45) is 0 Å². The van der Waals surface area contributed by atoms with Gasteiger partial charge < -0.3 is 5.32 Å². The summed E-state index contributed by atoms with van der Waals surface area (Å²) in [6, 6.07) is 17.2. The SMILES string of the molecule is CC(NC(C)c1ccc([N+](=O)[O-])cc1)c1ccccc1.